The SMILES string of the molecule is CC(C)Oc1cccc(C(=O)C2CCC(N)CC2)c1. The van der Waals surface area contributed by atoms with Crippen LogP contribution in [0.25, 0.3) is 0 Å². The molecule has 0 bridgehead atoms. The zero-order valence-electron chi connectivity index (χ0n) is 11.8. The van der Waals surface area contributed by atoms with Crippen molar-refractivity contribution in [2.24, 2.45) is 11.7 Å². The van der Waals surface area contributed by atoms with Crippen LogP contribution in [-0.4, -0.2) is 17.9 Å². The molecule has 0 amide bonds. The third kappa shape index (κ3) is 3.80. The highest BCUT2D eigenvalue weighted by Gasteiger charge is 2.25. The van der Waals surface area contributed by atoms with E-state index in [9.17, 15) is 4.79 Å². The van der Waals surface area contributed by atoms with Gasteiger partial charge in [0.25, 0.3) is 0 Å². The molecule has 0 saturated heterocycles. The first-order valence-electron chi connectivity index (χ1n) is 7.13. The maximum Gasteiger partial charge on any atom is 0.166 e. The normalized spacial score (nSPS) is 23.4. The van der Waals surface area contributed by atoms with E-state index in [0.29, 0.717) is 0 Å². The predicted molar refractivity (Wildman–Crippen MR) is 76.5 cm³/mol. The van der Waals surface area contributed by atoms with Gasteiger partial charge in [0.2, 0.25) is 0 Å². The Labute approximate surface area is 115 Å². The average molecular weight is 261 g/mol. The number of hydrogen-bond donors (Lipinski definition) is 1. The average Bonchev–Trinajstić information content (AvgIpc) is 2.38. The smallest absolute Gasteiger partial charge is 0.166 e. The van der Waals surface area contributed by atoms with E-state index in [1.807, 2.05) is 38.1 Å². The molecule has 3 nitrogen and oxygen atoms in total. The van der Waals surface area contributed by atoms with Crippen molar-refractivity contribution in [1.29, 1.82) is 0 Å². The molecular formula is C16H23NO2. The van der Waals surface area contributed by atoms with Crippen molar-refractivity contribution in [2.45, 2.75) is 51.7 Å². The fourth-order valence-electron chi connectivity index (χ4n) is 2.61. The van der Waals surface area contributed by atoms with Gasteiger partial charge < -0.3 is 10.5 Å². The van der Waals surface area contributed by atoms with E-state index in [1.165, 1.54) is 0 Å². The summed E-state index contributed by atoms with van der Waals surface area (Å²) in [5.74, 6) is 1.14. The summed E-state index contributed by atoms with van der Waals surface area (Å²) in [7, 11) is 0. The number of ether oxygens (including phenoxy) is 1. The summed E-state index contributed by atoms with van der Waals surface area (Å²) in [5.41, 5.74) is 6.65. The van der Waals surface area contributed by atoms with Crippen LogP contribution in [0.3, 0.4) is 0 Å². The molecular weight excluding hydrogens is 238 g/mol. The van der Waals surface area contributed by atoms with Crippen molar-refractivity contribution in [1.82, 2.24) is 0 Å². The standard InChI is InChI=1S/C16H23NO2/c1-11(2)19-15-5-3-4-13(10-15)16(18)12-6-8-14(17)9-7-12/h3-5,10-12,14H,6-9,17H2,1-2H3. The number of Topliss-reactive ketones (excluding diaryl/α,β-unsaturated/α-hetero) is 1. The Hall–Kier alpha value is -1.35. The summed E-state index contributed by atoms with van der Waals surface area (Å²) < 4.78 is 5.64. The van der Waals surface area contributed by atoms with Crippen LogP contribution in [0.1, 0.15) is 49.9 Å². The molecule has 3 heteroatoms. The quantitative estimate of drug-likeness (QED) is 0.847. The van der Waals surface area contributed by atoms with E-state index in [-0.39, 0.29) is 23.8 Å². The first-order chi connectivity index (χ1) is 9.06. The number of nitrogens with two attached hydrogens (primary N) is 1. The number of carbonyl (C=O) groups is 1. The third-order valence-electron chi connectivity index (χ3n) is 3.63. The second-order valence-electron chi connectivity index (χ2n) is 5.67. The molecule has 1 fully saturated rings. The molecule has 0 heterocycles. The van der Waals surface area contributed by atoms with Crippen LogP contribution in [0.4, 0.5) is 0 Å². The maximum atomic E-state index is 12.4. The molecule has 1 saturated carbocycles. The maximum absolute atomic E-state index is 12.4. The minimum absolute atomic E-state index is 0.123. The number of ketones is 1. The molecule has 0 radical (unpaired) electrons. The molecule has 0 atom stereocenters. The van der Waals surface area contributed by atoms with E-state index in [2.05, 4.69) is 0 Å². The van der Waals surface area contributed by atoms with Gasteiger partial charge in [0.05, 0.1) is 6.10 Å². The van der Waals surface area contributed by atoms with Crippen molar-refractivity contribution in [2.75, 3.05) is 0 Å². The van der Waals surface area contributed by atoms with Crippen molar-refractivity contribution in [3.05, 3.63) is 29.8 Å². The lowest BCUT2D eigenvalue weighted by molar-refractivity contribution is 0.0884. The highest BCUT2D eigenvalue weighted by molar-refractivity contribution is 5.98. The monoisotopic (exact) mass is 261 g/mol. The van der Waals surface area contributed by atoms with E-state index >= 15 is 0 Å². The lowest BCUT2D eigenvalue weighted by atomic mass is 9.82. The zero-order valence-corrected chi connectivity index (χ0v) is 11.8. The van der Waals surface area contributed by atoms with Crippen LogP contribution >= 0.6 is 0 Å². The summed E-state index contributed by atoms with van der Waals surface area (Å²) in [6.07, 6.45) is 3.86. The summed E-state index contributed by atoms with van der Waals surface area (Å²) in [4.78, 5) is 12.4. The van der Waals surface area contributed by atoms with E-state index < -0.39 is 0 Å². The molecule has 1 aromatic rings. The molecule has 0 aromatic heterocycles. The molecule has 1 aromatic carbocycles. The van der Waals surface area contributed by atoms with Crippen LogP contribution < -0.4 is 10.5 Å². The summed E-state index contributed by atoms with van der Waals surface area (Å²) in [5, 5.41) is 0. The summed E-state index contributed by atoms with van der Waals surface area (Å²) in [6.45, 7) is 3.97. The summed E-state index contributed by atoms with van der Waals surface area (Å²) >= 11 is 0. The fraction of sp³-hybridized carbons (Fsp3) is 0.562. The second-order valence-corrected chi connectivity index (χ2v) is 5.67. The molecule has 2 N–H and O–H groups in total. The molecule has 1 aliphatic rings. The Kier molecular flexibility index (Phi) is 4.59. The first-order valence-corrected chi connectivity index (χ1v) is 7.13. The lowest BCUT2D eigenvalue weighted by Crippen LogP contribution is -2.29. The van der Waals surface area contributed by atoms with Gasteiger partial charge in [-0.05, 0) is 51.7 Å². The van der Waals surface area contributed by atoms with E-state index in [0.717, 1.165) is 37.0 Å². The van der Waals surface area contributed by atoms with Crippen LogP contribution in [0, 0.1) is 5.92 Å². The predicted octanol–water partition coefficient (Wildman–Crippen LogP) is 3.17. The van der Waals surface area contributed by atoms with Crippen LogP contribution in [0.15, 0.2) is 24.3 Å². The van der Waals surface area contributed by atoms with Gasteiger partial charge in [-0.1, -0.05) is 12.1 Å². The Balaban J connectivity index is 2.06. The molecule has 2 rings (SSSR count). The first kappa shape index (κ1) is 14.1. The van der Waals surface area contributed by atoms with Crippen LogP contribution in [0.2, 0.25) is 0 Å². The van der Waals surface area contributed by atoms with Gasteiger partial charge >= 0.3 is 0 Å². The van der Waals surface area contributed by atoms with Crippen molar-refractivity contribution in [3.63, 3.8) is 0 Å². The third-order valence-corrected chi connectivity index (χ3v) is 3.63. The van der Waals surface area contributed by atoms with Gasteiger partial charge in [0.1, 0.15) is 5.75 Å². The van der Waals surface area contributed by atoms with Crippen molar-refractivity contribution < 1.29 is 9.53 Å². The number of hydrogen-bond acceptors (Lipinski definition) is 3. The number of carbonyl (C=O) groups excluding carboxylic acids is 1. The molecule has 0 unspecified atom stereocenters. The molecule has 1 aliphatic carbocycles. The molecule has 0 aliphatic heterocycles. The van der Waals surface area contributed by atoms with Gasteiger partial charge in [-0.2, -0.15) is 0 Å². The van der Waals surface area contributed by atoms with Gasteiger partial charge in [0.15, 0.2) is 5.78 Å². The van der Waals surface area contributed by atoms with E-state index in [1.54, 1.807) is 0 Å². The van der Waals surface area contributed by atoms with Crippen molar-refractivity contribution >= 4 is 5.78 Å². The molecule has 19 heavy (non-hydrogen) atoms. The number of benzene rings is 1. The highest BCUT2D eigenvalue weighted by Crippen LogP contribution is 2.27. The minimum Gasteiger partial charge on any atom is -0.491 e. The number of rotatable bonds is 4. The largest absolute Gasteiger partial charge is 0.491 e. The highest BCUT2D eigenvalue weighted by atomic mass is 16.5. The van der Waals surface area contributed by atoms with Gasteiger partial charge in [-0.15, -0.1) is 0 Å². The van der Waals surface area contributed by atoms with Gasteiger partial charge in [-0.25, -0.2) is 0 Å². The van der Waals surface area contributed by atoms with Crippen molar-refractivity contribution in [3.8, 4) is 5.75 Å². The molecule has 104 valence electrons. The lowest BCUT2D eigenvalue weighted by Gasteiger charge is -2.25. The Morgan fingerprint density at radius 2 is 1.95 bits per heavy atom. The Morgan fingerprint density at radius 1 is 1.26 bits per heavy atom. The van der Waals surface area contributed by atoms with E-state index in [4.69, 9.17) is 10.5 Å². The topological polar surface area (TPSA) is 52.3 Å². The Bertz CT molecular complexity index is 434. The fourth-order valence-corrected chi connectivity index (χ4v) is 2.61. The zero-order chi connectivity index (χ0) is 13.8. The second kappa shape index (κ2) is 6.20. The van der Waals surface area contributed by atoms with Gasteiger partial charge in [-0.3, -0.25) is 4.79 Å². The van der Waals surface area contributed by atoms with Crippen LogP contribution in [-0.2, 0) is 0 Å². The van der Waals surface area contributed by atoms with Gasteiger partial charge in [0, 0.05) is 17.5 Å². The Morgan fingerprint density at radius 3 is 2.58 bits per heavy atom. The summed E-state index contributed by atoms with van der Waals surface area (Å²) in [6, 6.07) is 7.80. The van der Waals surface area contributed by atoms with Crippen LogP contribution in [0.5, 0.6) is 5.75 Å². The molecule has 0 spiro atoms. The minimum atomic E-state index is 0.123.